The molecule has 3 heteroatoms. The number of rotatable bonds is 2. The highest BCUT2D eigenvalue weighted by molar-refractivity contribution is 6.07. The fourth-order valence-corrected chi connectivity index (χ4v) is 3.04. The predicted octanol–water partition coefficient (Wildman–Crippen LogP) is 3.73. The number of anilines is 2. The summed E-state index contributed by atoms with van der Waals surface area (Å²) >= 11 is 0. The van der Waals surface area contributed by atoms with Crippen molar-refractivity contribution in [1.82, 2.24) is 0 Å². The summed E-state index contributed by atoms with van der Waals surface area (Å²) in [4.78, 5) is 16.9. The first-order valence-electron chi connectivity index (χ1n) is 7.77. The third-order valence-corrected chi connectivity index (χ3v) is 4.37. The number of benzene rings is 2. The summed E-state index contributed by atoms with van der Waals surface area (Å²) in [6, 6.07) is 16.3. The molecule has 0 radical (unpaired) electrons. The van der Waals surface area contributed by atoms with Gasteiger partial charge in [-0.25, -0.2) is 0 Å². The SMILES string of the molecule is CC1CCc2ccccc2N1C(=O)c1ccc(N(C)C)cc1. The maximum absolute atomic E-state index is 13.0. The zero-order chi connectivity index (χ0) is 15.7. The smallest absolute Gasteiger partial charge is 0.258 e. The molecule has 0 aromatic heterocycles. The molecule has 1 unspecified atom stereocenters. The number of fused-ring (bicyclic) bond motifs is 1. The van der Waals surface area contributed by atoms with Crippen molar-refractivity contribution in [2.24, 2.45) is 0 Å². The van der Waals surface area contributed by atoms with Gasteiger partial charge in [-0.15, -0.1) is 0 Å². The quantitative estimate of drug-likeness (QED) is 0.842. The Kier molecular flexibility index (Phi) is 3.88. The van der Waals surface area contributed by atoms with Crippen LogP contribution >= 0.6 is 0 Å². The molecule has 2 aromatic carbocycles. The van der Waals surface area contributed by atoms with Gasteiger partial charge in [-0.2, -0.15) is 0 Å². The van der Waals surface area contributed by atoms with E-state index in [0.29, 0.717) is 0 Å². The number of hydrogen-bond acceptors (Lipinski definition) is 2. The number of amides is 1. The molecule has 22 heavy (non-hydrogen) atoms. The van der Waals surface area contributed by atoms with E-state index in [9.17, 15) is 4.79 Å². The summed E-state index contributed by atoms with van der Waals surface area (Å²) in [5.74, 6) is 0.0879. The van der Waals surface area contributed by atoms with Crippen LogP contribution in [0.4, 0.5) is 11.4 Å². The Labute approximate surface area is 132 Å². The number of nitrogens with zero attached hydrogens (tertiary/aromatic N) is 2. The molecule has 0 fully saturated rings. The third kappa shape index (κ3) is 2.59. The monoisotopic (exact) mass is 294 g/mol. The van der Waals surface area contributed by atoms with Crippen LogP contribution in [-0.2, 0) is 6.42 Å². The van der Waals surface area contributed by atoms with Gasteiger partial charge in [0.15, 0.2) is 0 Å². The Morgan fingerprint density at radius 3 is 2.45 bits per heavy atom. The fraction of sp³-hybridized carbons (Fsp3) is 0.316. The van der Waals surface area contributed by atoms with E-state index in [4.69, 9.17) is 0 Å². The van der Waals surface area contributed by atoms with Gasteiger partial charge in [0.25, 0.3) is 5.91 Å². The zero-order valence-electron chi connectivity index (χ0n) is 13.4. The second-order valence-corrected chi connectivity index (χ2v) is 6.13. The molecule has 0 bridgehead atoms. The van der Waals surface area contributed by atoms with Crippen LogP contribution in [0.5, 0.6) is 0 Å². The van der Waals surface area contributed by atoms with E-state index in [-0.39, 0.29) is 11.9 Å². The highest BCUT2D eigenvalue weighted by Crippen LogP contribution is 2.31. The summed E-state index contributed by atoms with van der Waals surface area (Å²) in [5.41, 5.74) is 4.17. The maximum Gasteiger partial charge on any atom is 0.258 e. The first-order chi connectivity index (χ1) is 10.6. The zero-order valence-corrected chi connectivity index (χ0v) is 13.4. The predicted molar refractivity (Wildman–Crippen MR) is 91.8 cm³/mol. The van der Waals surface area contributed by atoms with Gasteiger partial charge < -0.3 is 9.80 Å². The largest absolute Gasteiger partial charge is 0.378 e. The summed E-state index contributed by atoms with van der Waals surface area (Å²) in [6.07, 6.45) is 2.05. The van der Waals surface area contributed by atoms with Crippen LogP contribution in [0.1, 0.15) is 29.3 Å². The van der Waals surface area contributed by atoms with Crippen LogP contribution in [0.15, 0.2) is 48.5 Å². The second-order valence-electron chi connectivity index (χ2n) is 6.13. The summed E-state index contributed by atoms with van der Waals surface area (Å²) in [7, 11) is 4.00. The highest BCUT2D eigenvalue weighted by Gasteiger charge is 2.28. The Balaban J connectivity index is 1.94. The van der Waals surface area contributed by atoms with Crippen molar-refractivity contribution in [1.29, 1.82) is 0 Å². The molecule has 0 spiro atoms. The Hall–Kier alpha value is -2.29. The van der Waals surface area contributed by atoms with Gasteiger partial charge >= 0.3 is 0 Å². The molecule has 1 atom stereocenters. The van der Waals surface area contributed by atoms with Crippen LogP contribution < -0.4 is 9.80 Å². The average Bonchev–Trinajstić information content (AvgIpc) is 2.54. The van der Waals surface area contributed by atoms with Crippen molar-refractivity contribution < 1.29 is 4.79 Å². The molecule has 0 saturated carbocycles. The molecular formula is C19H22N2O. The van der Waals surface area contributed by atoms with Crippen LogP contribution in [0.3, 0.4) is 0 Å². The Morgan fingerprint density at radius 1 is 1.09 bits per heavy atom. The highest BCUT2D eigenvalue weighted by atomic mass is 16.2. The molecular weight excluding hydrogens is 272 g/mol. The lowest BCUT2D eigenvalue weighted by molar-refractivity contribution is 0.0975. The van der Waals surface area contributed by atoms with E-state index in [1.165, 1.54) is 5.56 Å². The number of carbonyl (C=O) groups is 1. The molecule has 2 aromatic rings. The van der Waals surface area contributed by atoms with Gasteiger partial charge in [0.2, 0.25) is 0 Å². The number of para-hydroxylation sites is 1. The molecule has 3 rings (SSSR count). The molecule has 1 amide bonds. The molecule has 3 nitrogen and oxygen atoms in total. The van der Waals surface area contributed by atoms with Gasteiger partial charge in [-0.05, 0) is 55.7 Å². The van der Waals surface area contributed by atoms with E-state index in [1.54, 1.807) is 0 Å². The number of carbonyl (C=O) groups excluding carboxylic acids is 1. The van der Waals surface area contributed by atoms with E-state index in [2.05, 4.69) is 19.1 Å². The van der Waals surface area contributed by atoms with Crippen LogP contribution in [-0.4, -0.2) is 26.0 Å². The lowest BCUT2D eigenvalue weighted by Crippen LogP contribution is -2.42. The first-order valence-corrected chi connectivity index (χ1v) is 7.77. The standard InChI is InChI=1S/C19H22N2O/c1-14-8-9-15-6-4-5-7-18(15)21(14)19(22)16-10-12-17(13-11-16)20(2)3/h4-7,10-14H,8-9H2,1-3H3. The molecule has 1 aliphatic heterocycles. The van der Waals surface area contributed by atoms with Crippen LogP contribution in [0, 0.1) is 0 Å². The van der Waals surface area contributed by atoms with E-state index < -0.39 is 0 Å². The number of hydrogen-bond donors (Lipinski definition) is 0. The van der Waals surface area contributed by atoms with Crippen LogP contribution in [0.25, 0.3) is 0 Å². The van der Waals surface area contributed by atoms with Crippen molar-refractivity contribution in [3.8, 4) is 0 Å². The van der Waals surface area contributed by atoms with Crippen molar-refractivity contribution in [3.63, 3.8) is 0 Å². The van der Waals surface area contributed by atoms with E-state index in [0.717, 1.165) is 29.8 Å². The summed E-state index contributed by atoms with van der Waals surface area (Å²) in [6.45, 7) is 2.13. The topological polar surface area (TPSA) is 23.6 Å². The van der Waals surface area contributed by atoms with Crippen molar-refractivity contribution in [2.75, 3.05) is 23.9 Å². The lowest BCUT2D eigenvalue weighted by atomic mass is 9.95. The molecule has 0 aliphatic carbocycles. The molecule has 0 N–H and O–H groups in total. The molecule has 114 valence electrons. The third-order valence-electron chi connectivity index (χ3n) is 4.37. The Morgan fingerprint density at radius 2 is 1.77 bits per heavy atom. The lowest BCUT2D eigenvalue weighted by Gasteiger charge is -2.35. The summed E-state index contributed by atoms with van der Waals surface area (Å²) in [5, 5.41) is 0. The minimum Gasteiger partial charge on any atom is -0.378 e. The maximum atomic E-state index is 13.0. The van der Waals surface area contributed by atoms with Gasteiger partial charge in [-0.1, -0.05) is 18.2 Å². The minimum absolute atomic E-state index is 0.0879. The van der Waals surface area contributed by atoms with E-state index >= 15 is 0 Å². The number of aryl methyl sites for hydroxylation is 1. The minimum atomic E-state index is 0.0879. The van der Waals surface area contributed by atoms with E-state index in [1.807, 2.05) is 60.3 Å². The van der Waals surface area contributed by atoms with Crippen molar-refractivity contribution in [2.45, 2.75) is 25.8 Å². The van der Waals surface area contributed by atoms with Crippen molar-refractivity contribution >= 4 is 17.3 Å². The fourth-order valence-electron chi connectivity index (χ4n) is 3.04. The molecule has 1 heterocycles. The molecule has 1 aliphatic rings. The van der Waals surface area contributed by atoms with Gasteiger partial charge in [-0.3, -0.25) is 4.79 Å². The normalized spacial score (nSPS) is 17.0. The second kappa shape index (κ2) is 5.84. The van der Waals surface area contributed by atoms with Gasteiger partial charge in [0.1, 0.15) is 0 Å². The van der Waals surface area contributed by atoms with Crippen molar-refractivity contribution in [3.05, 3.63) is 59.7 Å². The molecule has 0 saturated heterocycles. The summed E-state index contributed by atoms with van der Waals surface area (Å²) < 4.78 is 0. The van der Waals surface area contributed by atoms with Gasteiger partial charge in [0, 0.05) is 37.1 Å². The van der Waals surface area contributed by atoms with Crippen LogP contribution in [0.2, 0.25) is 0 Å². The first kappa shape index (κ1) is 14.6. The Bertz CT molecular complexity index is 676. The van der Waals surface area contributed by atoms with Gasteiger partial charge in [0.05, 0.1) is 0 Å². The average molecular weight is 294 g/mol.